The largest absolute Gasteiger partial charge is 0.494 e. The van der Waals surface area contributed by atoms with Gasteiger partial charge < -0.3 is 15.8 Å². The molecule has 128 valence electrons. The summed E-state index contributed by atoms with van der Waals surface area (Å²) >= 11 is 0. The maximum absolute atomic E-state index is 13.7. The average molecular weight is 343 g/mol. The molecule has 0 aliphatic heterocycles. The summed E-state index contributed by atoms with van der Waals surface area (Å²) in [6.45, 7) is 0. The van der Waals surface area contributed by atoms with Gasteiger partial charge in [-0.15, -0.1) is 12.4 Å². The Balaban J connectivity index is 0.00000192. The van der Waals surface area contributed by atoms with Gasteiger partial charge in [-0.25, -0.2) is 4.39 Å². The second kappa shape index (κ2) is 7.49. The number of halogens is 2. The highest BCUT2D eigenvalue weighted by Crippen LogP contribution is 2.42. The number of hydrogen-bond donors (Lipinski definition) is 2. The van der Waals surface area contributed by atoms with Crippen molar-refractivity contribution in [3.05, 3.63) is 24.0 Å². The number of hydrogen-bond acceptors (Lipinski definition) is 3. The van der Waals surface area contributed by atoms with Gasteiger partial charge in [0.2, 0.25) is 5.91 Å². The summed E-state index contributed by atoms with van der Waals surface area (Å²) < 4.78 is 18.6. The maximum atomic E-state index is 13.7. The first-order chi connectivity index (χ1) is 10.6. The van der Waals surface area contributed by atoms with E-state index in [9.17, 15) is 9.18 Å². The zero-order valence-electron chi connectivity index (χ0n) is 13.3. The van der Waals surface area contributed by atoms with Crippen LogP contribution in [0.3, 0.4) is 0 Å². The fraction of sp³-hybridized carbons (Fsp3) is 0.588. The quantitative estimate of drug-likeness (QED) is 0.885. The minimum absolute atomic E-state index is 0. The van der Waals surface area contributed by atoms with Crippen LogP contribution < -0.4 is 15.8 Å². The lowest BCUT2D eigenvalue weighted by Gasteiger charge is -2.43. The Hall–Kier alpha value is -1.33. The fourth-order valence-corrected chi connectivity index (χ4v) is 3.99. The van der Waals surface area contributed by atoms with E-state index in [1.807, 2.05) is 0 Å². The van der Waals surface area contributed by atoms with E-state index in [0.29, 0.717) is 17.5 Å². The van der Waals surface area contributed by atoms with E-state index in [1.165, 1.54) is 25.7 Å². The van der Waals surface area contributed by atoms with Crippen LogP contribution >= 0.6 is 12.4 Å². The third kappa shape index (κ3) is 3.78. The number of benzene rings is 1. The van der Waals surface area contributed by atoms with Gasteiger partial charge in [0, 0.05) is 23.7 Å². The lowest BCUT2D eigenvalue weighted by molar-refractivity contribution is -0.122. The number of amides is 1. The molecule has 2 fully saturated rings. The summed E-state index contributed by atoms with van der Waals surface area (Å²) in [4.78, 5) is 12.5. The van der Waals surface area contributed by atoms with E-state index in [-0.39, 0.29) is 36.0 Å². The first-order valence-electron chi connectivity index (χ1n) is 7.98. The predicted molar refractivity (Wildman–Crippen MR) is 90.4 cm³/mol. The van der Waals surface area contributed by atoms with Crippen molar-refractivity contribution in [2.24, 2.45) is 23.5 Å². The number of anilines is 1. The summed E-state index contributed by atoms with van der Waals surface area (Å²) in [5.41, 5.74) is 6.73. The van der Waals surface area contributed by atoms with Crippen molar-refractivity contribution >= 4 is 24.0 Å². The van der Waals surface area contributed by atoms with E-state index in [2.05, 4.69) is 5.32 Å². The van der Waals surface area contributed by atoms with E-state index in [0.717, 1.165) is 25.7 Å². The van der Waals surface area contributed by atoms with Crippen LogP contribution in [0.2, 0.25) is 0 Å². The molecule has 2 saturated carbocycles. The summed E-state index contributed by atoms with van der Waals surface area (Å²) in [6, 6.07) is 4.73. The standard InChI is InChI=1S/C17H23FN2O2.ClH/c1-22-15-6-5-13(9-14(15)18)20-17(21)12-7-10-3-2-4-11(8-12)16(10)19;/h5-6,9-12,16H,2-4,7-8,19H2,1H3,(H,20,21);1H. The number of fused-ring (bicyclic) bond motifs is 2. The highest BCUT2D eigenvalue weighted by molar-refractivity contribution is 5.92. The SMILES string of the molecule is COc1ccc(NC(=O)C2CC3CCCC(C2)C3N)cc1F.Cl. The molecule has 4 nitrogen and oxygen atoms in total. The Kier molecular flexibility index (Phi) is 5.87. The zero-order valence-corrected chi connectivity index (χ0v) is 14.1. The van der Waals surface area contributed by atoms with Crippen LogP contribution in [0.5, 0.6) is 5.75 Å². The number of ether oxygens (including phenoxy) is 1. The lowest BCUT2D eigenvalue weighted by atomic mass is 9.65. The van der Waals surface area contributed by atoms with Crippen molar-refractivity contribution in [3.63, 3.8) is 0 Å². The Morgan fingerprint density at radius 1 is 1.30 bits per heavy atom. The predicted octanol–water partition coefficient (Wildman–Crippen LogP) is 3.35. The normalized spacial score (nSPS) is 29.3. The van der Waals surface area contributed by atoms with Crippen molar-refractivity contribution in [3.8, 4) is 5.75 Å². The van der Waals surface area contributed by atoms with Gasteiger partial charge in [-0.05, 0) is 49.7 Å². The molecule has 0 radical (unpaired) electrons. The first-order valence-corrected chi connectivity index (χ1v) is 7.98. The van der Waals surface area contributed by atoms with E-state index in [4.69, 9.17) is 10.5 Å². The number of methoxy groups -OCH3 is 1. The van der Waals surface area contributed by atoms with Crippen molar-refractivity contribution in [1.82, 2.24) is 0 Å². The van der Waals surface area contributed by atoms with Gasteiger partial charge in [0.1, 0.15) is 0 Å². The molecular weight excluding hydrogens is 319 g/mol. The van der Waals surface area contributed by atoms with Crippen LogP contribution in [0, 0.1) is 23.6 Å². The molecule has 0 spiro atoms. The Morgan fingerprint density at radius 3 is 2.52 bits per heavy atom. The van der Waals surface area contributed by atoms with Gasteiger partial charge >= 0.3 is 0 Å². The summed E-state index contributed by atoms with van der Waals surface area (Å²) in [5, 5.41) is 2.83. The average Bonchev–Trinajstić information content (AvgIpc) is 2.47. The molecule has 3 N–H and O–H groups in total. The third-order valence-electron chi connectivity index (χ3n) is 5.20. The molecular formula is C17H24ClFN2O2. The molecule has 1 aromatic rings. The van der Waals surface area contributed by atoms with Crippen molar-refractivity contribution < 1.29 is 13.9 Å². The van der Waals surface area contributed by atoms with Crippen LogP contribution in [-0.4, -0.2) is 19.1 Å². The Labute approximate surface area is 142 Å². The number of carbonyl (C=O) groups is 1. The monoisotopic (exact) mass is 342 g/mol. The molecule has 0 saturated heterocycles. The smallest absolute Gasteiger partial charge is 0.227 e. The van der Waals surface area contributed by atoms with Gasteiger partial charge in [0.25, 0.3) is 0 Å². The van der Waals surface area contributed by atoms with E-state index in [1.54, 1.807) is 6.07 Å². The van der Waals surface area contributed by atoms with Gasteiger partial charge in [-0.3, -0.25) is 4.79 Å². The molecule has 1 aromatic carbocycles. The van der Waals surface area contributed by atoms with Crippen LogP contribution in [0.15, 0.2) is 18.2 Å². The molecule has 23 heavy (non-hydrogen) atoms. The topological polar surface area (TPSA) is 64.3 Å². The van der Waals surface area contributed by atoms with Crippen LogP contribution in [0.25, 0.3) is 0 Å². The Morgan fingerprint density at radius 2 is 1.96 bits per heavy atom. The maximum Gasteiger partial charge on any atom is 0.227 e. The van der Waals surface area contributed by atoms with Gasteiger partial charge in [-0.1, -0.05) is 6.42 Å². The van der Waals surface area contributed by atoms with Crippen molar-refractivity contribution in [1.29, 1.82) is 0 Å². The second-order valence-corrected chi connectivity index (χ2v) is 6.54. The summed E-state index contributed by atoms with van der Waals surface area (Å²) in [5.74, 6) is 0.583. The molecule has 2 aliphatic carbocycles. The molecule has 2 atom stereocenters. The van der Waals surface area contributed by atoms with Crippen molar-refractivity contribution in [2.45, 2.75) is 38.1 Å². The van der Waals surface area contributed by atoms with Gasteiger partial charge in [0.05, 0.1) is 7.11 Å². The highest BCUT2D eigenvalue weighted by Gasteiger charge is 2.40. The number of nitrogens with two attached hydrogens (primary N) is 1. The zero-order chi connectivity index (χ0) is 15.7. The minimum atomic E-state index is -0.470. The highest BCUT2D eigenvalue weighted by atomic mass is 35.5. The molecule has 2 aliphatic rings. The van der Waals surface area contributed by atoms with Gasteiger partial charge in [-0.2, -0.15) is 0 Å². The van der Waals surface area contributed by atoms with Crippen LogP contribution in [0.1, 0.15) is 32.1 Å². The molecule has 1 amide bonds. The first kappa shape index (κ1) is 18.0. The number of nitrogens with one attached hydrogen (secondary N) is 1. The van der Waals surface area contributed by atoms with E-state index < -0.39 is 5.82 Å². The summed E-state index contributed by atoms with van der Waals surface area (Å²) in [6.07, 6.45) is 5.17. The van der Waals surface area contributed by atoms with Crippen LogP contribution in [-0.2, 0) is 4.79 Å². The molecule has 2 unspecified atom stereocenters. The third-order valence-corrected chi connectivity index (χ3v) is 5.20. The second-order valence-electron chi connectivity index (χ2n) is 6.54. The van der Waals surface area contributed by atoms with Crippen molar-refractivity contribution in [2.75, 3.05) is 12.4 Å². The minimum Gasteiger partial charge on any atom is -0.494 e. The molecule has 6 heteroatoms. The molecule has 2 bridgehead atoms. The van der Waals surface area contributed by atoms with E-state index >= 15 is 0 Å². The number of carbonyl (C=O) groups excluding carboxylic acids is 1. The number of rotatable bonds is 3. The fourth-order valence-electron chi connectivity index (χ4n) is 3.99. The summed E-state index contributed by atoms with van der Waals surface area (Å²) in [7, 11) is 1.42. The van der Waals surface area contributed by atoms with Gasteiger partial charge in [0.15, 0.2) is 11.6 Å². The molecule has 0 aromatic heterocycles. The Bertz CT molecular complexity index is 556. The lowest BCUT2D eigenvalue weighted by Crippen LogP contribution is -2.48. The van der Waals surface area contributed by atoms with Crippen LogP contribution in [0.4, 0.5) is 10.1 Å². The molecule has 3 rings (SSSR count). The molecule has 0 heterocycles.